The highest BCUT2D eigenvalue weighted by Gasteiger charge is 2.32. The second kappa shape index (κ2) is 23.7. The predicted octanol–water partition coefficient (Wildman–Crippen LogP) is 4.88. The van der Waals surface area contributed by atoms with Gasteiger partial charge in [-0.3, -0.25) is 9.58 Å². The lowest BCUT2D eigenvalue weighted by Crippen LogP contribution is -2.51. The molecule has 3 aromatic heterocycles. The van der Waals surface area contributed by atoms with Crippen LogP contribution in [-0.2, 0) is 35.0 Å². The maximum absolute atomic E-state index is 6.50. The minimum Gasteiger partial charge on any atom is -0.487 e. The van der Waals surface area contributed by atoms with Crippen molar-refractivity contribution in [1.82, 2.24) is 44.9 Å². The summed E-state index contributed by atoms with van der Waals surface area (Å²) in [6, 6.07) is 6.39. The van der Waals surface area contributed by atoms with E-state index in [1.807, 2.05) is 29.9 Å². The molecule has 59 heavy (non-hydrogen) atoms. The fourth-order valence-corrected chi connectivity index (χ4v) is 7.44. The van der Waals surface area contributed by atoms with Crippen LogP contribution in [0.5, 0.6) is 11.6 Å². The summed E-state index contributed by atoms with van der Waals surface area (Å²) in [6.07, 6.45) is 11.6. The Kier molecular flexibility index (Phi) is 17.9. The smallest absolute Gasteiger partial charge is 0.257 e. The number of hydrogen-bond donors (Lipinski definition) is 1. The summed E-state index contributed by atoms with van der Waals surface area (Å²) in [6.45, 7) is 13.4. The number of aromatic nitrogens is 8. The molecule has 1 aromatic carbocycles. The van der Waals surface area contributed by atoms with Crippen LogP contribution in [-0.4, -0.2) is 155 Å². The van der Waals surface area contributed by atoms with Crippen LogP contribution in [0.1, 0.15) is 52.5 Å². The Balaban J connectivity index is 1.02. The highest BCUT2D eigenvalue weighted by atomic mass is 35.5. The molecular formula is C40H59ClN10O8. The Morgan fingerprint density at radius 3 is 2.08 bits per heavy atom. The molecule has 2 aliphatic rings. The molecule has 0 radical (unpaired) electrons. The minimum atomic E-state index is -0.224. The van der Waals surface area contributed by atoms with Gasteiger partial charge in [-0.05, 0) is 74.6 Å². The molecule has 0 bridgehead atoms. The van der Waals surface area contributed by atoms with Crippen molar-refractivity contribution in [2.45, 2.75) is 83.4 Å². The Labute approximate surface area is 351 Å². The summed E-state index contributed by atoms with van der Waals surface area (Å²) in [4.78, 5) is 11.9. The van der Waals surface area contributed by atoms with Crippen LogP contribution >= 0.6 is 11.6 Å². The number of ether oxygens (including phenoxy) is 8. The highest BCUT2D eigenvalue weighted by Crippen LogP contribution is 2.36. The fourth-order valence-electron chi connectivity index (χ4n) is 7.28. The van der Waals surface area contributed by atoms with Crippen LogP contribution in [0.4, 0.5) is 11.6 Å². The van der Waals surface area contributed by atoms with Gasteiger partial charge in [-0.2, -0.15) is 0 Å². The molecule has 4 heterocycles. The Morgan fingerprint density at radius 1 is 0.831 bits per heavy atom. The first kappa shape index (κ1) is 44.5. The number of methoxy groups -OCH3 is 1. The van der Waals surface area contributed by atoms with Gasteiger partial charge in [0.25, 0.3) is 5.88 Å². The van der Waals surface area contributed by atoms with Gasteiger partial charge in [0.15, 0.2) is 0 Å². The first-order valence-corrected chi connectivity index (χ1v) is 20.9. The number of morpholine rings is 1. The summed E-state index contributed by atoms with van der Waals surface area (Å²) in [5, 5.41) is 20.0. The molecule has 1 aliphatic heterocycles. The third-order valence-corrected chi connectivity index (χ3v) is 10.4. The zero-order valence-electron chi connectivity index (χ0n) is 34.6. The lowest BCUT2D eigenvalue weighted by Gasteiger charge is -2.42. The molecule has 19 heteroatoms. The number of nitrogens with one attached hydrogen (secondary N) is 1. The first-order valence-electron chi connectivity index (χ1n) is 20.5. The van der Waals surface area contributed by atoms with E-state index in [-0.39, 0.29) is 24.4 Å². The maximum atomic E-state index is 6.50. The number of hydrogen-bond acceptors (Lipinski definition) is 16. The average molecular weight is 843 g/mol. The number of tetrazole rings is 1. The second-order valence-electron chi connectivity index (χ2n) is 14.8. The molecule has 1 aliphatic carbocycles. The largest absolute Gasteiger partial charge is 0.487 e. The molecule has 18 nitrogen and oxygen atoms in total. The van der Waals surface area contributed by atoms with Gasteiger partial charge in [0.05, 0.1) is 95.5 Å². The molecule has 3 atom stereocenters. The van der Waals surface area contributed by atoms with E-state index in [0.717, 1.165) is 49.9 Å². The number of rotatable bonds is 25. The van der Waals surface area contributed by atoms with Crippen molar-refractivity contribution in [2.75, 3.05) is 91.6 Å². The average Bonchev–Trinajstić information content (AvgIpc) is 3.90. The van der Waals surface area contributed by atoms with Crippen molar-refractivity contribution in [3.05, 3.63) is 48.1 Å². The molecular weight excluding hydrogens is 784 g/mol. The molecule has 0 unspecified atom stereocenters. The van der Waals surface area contributed by atoms with Gasteiger partial charge >= 0.3 is 0 Å². The van der Waals surface area contributed by atoms with Crippen LogP contribution in [0.15, 0.2) is 43.1 Å². The van der Waals surface area contributed by atoms with E-state index in [9.17, 15) is 0 Å². The van der Waals surface area contributed by atoms with Gasteiger partial charge < -0.3 is 43.2 Å². The molecule has 0 amide bonds. The monoisotopic (exact) mass is 842 g/mol. The predicted molar refractivity (Wildman–Crippen MR) is 219 cm³/mol. The molecule has 1 N–H and O–H groups in total. The molecule has 6 rings (SSSR count). The SMILES string of the molecule is COCCOCCOCCOCCOCCOc1nn([C@H]2CC[C@H](N3C[C@@H](C)O[C@@H](C)C3)CC2)cc1Nc1ncc(-c2ccc(Cl)c(O[C@@H](C)Cn3cnnn3)c2)cn1. The van der Waals surface area contributed by atoms with E-state index >= 15 is 0 Å². The van der Waals surface area contributed by atoms with Crippen LogP contribution in [0.25, 0.3) is 11.1 Å². The van der Waals surface area contributed by atoms with E-state index < -0.39 is 0 Å². The van der Waals surface area contributed by atoms with E-state index in [1.165, 1.54) is 0 Å². The van der Waals surface area contributed by atoms with Gasteiger partial charge in [-0.1, -0.05) is 17.7 Å². The maximum Gasteiger partial charge on any atom is 0.257 e. The lowest BCUT2D eigenvalue weighted by molar-refractivity contribution is -0.0852. The molecule has 1 saturated carbocycles. The van der Waals surface area contributed by atoms with Crippen molar-refractivity contribution >= 4 is 23.2 Å². The van der Waals surface area contributed by atoms with Gasteiger partial charge in [0.2, 0.25) is 5.95 Å². The zero-order valence-corrected chi connectivity index (χ0v) is 35.4. The van der Waals surface area contributed by atoms with Gasteiger partial charge in [-0.25, -0.2) is 14.6 Å². The first-order chi connectivity index (χ1) is 28.8. The Morgan fingerprint density at radius 2 is 1.46 bits per heavy atom. The van der Waals surface area contributed by atoms with E-state index in [1.54, 1.807) is 36.6 Å². The van der Waals surface area contributed by atoms with E-state index in [2.05, 4.69) is 49.6 Å². The number of halogens is 1. The Bertz CT molecular complexity index is 1770. The third kappa shape index (κ3) is 14.3. The van der Waals surface area contributed by atoms with Crippen LogP contribution < -0.4 is 14.8 Å². The summed E-state index contributed by atoms with van der Waals surface area (Å²) in [7, 11) is 1.65. The summed E-state index contributed by atoms with van der Waals surface area (Å²) < 4.78 is 49.2. The summed E-state index contributed by atoms with van der Waals surface area (Å²) in [5.74, 6) is 1.42. The van der Waals surface area contributed by atoms with Crippen molar-refractivity contribution < 1.29 is 37.9 Å². The van der Waals surface area contributed by atoms with Gasteiger partial charge in [-0.15, -0.1) is 10.2 Å². The van der Waals surface area contributed by atoms with Crippen molar-refractivity contribution in [3.8, 4) is 22.8 Å². The number of benzene rings is 1. The molecule has 2 fully saturated rings. The quantitative estimate of drug-likeness (QED) is 0.0894. The van der Waals surface area contributed by atoms with Crippen molar-refractivity contribution in [1.29, 1.82) is 0 Å². The second-order valence-corrected chi connectivity index (χ2v) is 15.2. The summed E-state index contributed by atoms with van der Waals surface area (Å²) >= 11 is 6.50. The fraction of sp³-hybridized carbons (Fsp3) is 0.650. The standard InChI is InChI=1S/C40H59ClN10O8/c1-29-24-49(25-30(2)58-29)34-6-8-35(9-7-34)51-27-37(39(46-51)57-20-19-56-18-17-55-16-15-54-14-13-53-12-11-52-4)45-40-42-22-33(23-43-40)32-5-10-36(41)38(21-32)59-31(3)26-50-28-44-47-48-50/h5,10,21-23,27-31,34-35H,6-9,11-20,24-26H2,1-4H3,(H,42,43,45)/t29-,30+,31-,34-,35-/m0/s1. The zero-order chi connectivity index (χ0) is 41.2. The third-order valence-electron chi connectivity index (χ3n) is 10.0. The molecule has 0 spiro atoms. The van der Waals surface area contributed by atoms with Gasteiger partial charge in [0.1, 0.15) is 30.5 Å². The molecule has 4 aromatic rings. The van der Waals surface area contributed by atoms with E-state index in [4.69, 9.17) is 54.6 Å². The minimum absolute atomic E-state index is 0.224. The van der Waals surface area contributed by atoms with E-state index in [0.29, 0.717) is 107 Å². The van der Waals surface area contributed by atoms with Crippen LogP contribution in [0.2, 0.25) is 5.02 Å². The number of nitrogens with zero attached hydrogens (tertiary/aromatic N) is 9. The highest BCUT2D eigenvalue weighted by molar-refractivity contribution is 6.32. The van der Waals surface area contributed by atoms with Crippen molar-refractivity contribution in [2.24, 2.45) is 0 Å². The van der Waals surface area contributed by atoms with Gasteiger partial charge in [0, 0.05) is 44.2 Å². The van der Waals surface area contributed by atoms with Crippen LogP contribution in [0.3, 0.4) is 0 Å². The van der Waals surface area contributed by atoms with Crippen LogP contribution in [0, 0.1) is 0 Å². The normalized spacial score (nSPS) is 20.4. The Hall–Kier alpha value is -4.01. The number of anilines is 2. The topological polar surface area (TPSA) is 176 Å². The molecule has 324 valence electrons. The molecule has 1 saturated heterocycles. The van der Waals surface area contributed by atoms with Crippen molar-refractivity contribution in [3.63, 3.8) is 0 Å². The summed E-state index contributed by atoms with van der Waals surface area (Å²) in [5.41, 5.74) is 2.34. The lowest BCUT2D eigenvalue weighted by atomic mass is 9.89.